The summed E-state index contributed by atoms with van der Waals surface area (Å²) in [4.78, 5) is 2.47. The second-order valence-corrected chi connectivity index (χ2v) is 7.38. The van der Waals surface area contributed by atoms with Crippen LogP contribution in [0.5, 0.6) is 5.75 Å². The SMILES string of the molecule is CC(C)(C)c1ccc(OC2CCCN(CCCCl)C2)cc1. The molecule has 118 valence electrons. The van der Waals surface area contributed by atoms with Gasteiger partial charge >= 0.3 is 0 Å². The van der Waals surface area contributed by atoms with Crippen LogP contribution in [-0.2, 0) is 5.41 Å². The van der Waals surface area contributed by atoms with Gasteiger partial charge in [-0.05, 0) is 55.5 Å². The number of nitrogens with zero attached hydrogens (tertiary/aromatic N) is 1. The lowest BCUT2D eigenvalue weighted by Gasteiger charge is -2.32. The molecule has 1 heterocycles. The van der Waals surface area contributed by atoms with Crippen LogP contribution in [0, 0.1) is 0 Å². The zero-order valence-corrected chi connectivity index (χ0v) is 14.3. The molecule has 1 aromatic rings. The summed E-state index contributed by atoms with van der Waals surface area (Å²) in [6, 6.07) is 8.59. The van der Waals surface area contributed by atoms with E-state index < -0.39 is 0 Å². The number of halogens is 1. The lowest BCUT2D eigenvalue weighted by molar-refractivity contribution is 0.0888. The minimum absolute atomic E-state index is 0.196. The van der Waals surface area contributed by atoms with Crippen LogP contribution in [0.4, 0.5) is 0 Å². The number of ether oxygens (including phenoxy) is 1. The minimum atomic E-state index is 0.196. The van der Waals surface area contributed by atoms with Crippen LogP contribution >= 0.6 is 11.6 Å². The van der Waals surface area contributed by atoms with E-state index in [1.165, 1.54) is 18.5 Å². The van der Waals surface area contributed by atoms with Crippen LogP contribution in [0.2, 0.25) is 0 Å². The van der Waals surface area contributed by atoms with Gasteiger partial charge in [0.1, 0.15) is 11.9 Å². The van der Waals surface area contributed by atoms with Gasteiger partial charge in [0.15, 0.2) is 0 Å². The summed E-state index contributed by atoms with van der Waals surface area (Å²) in [5, 5.41) is 0. The Bertz CT molecular complexity index is 424. The molecule has 3 heteroatoms. The van der Waals surface area contributed by atoms with E-state index in [4.69, 9.17) is 16.3 Å². The van der Waals surface area contributed by atoms with E-state index in [9.17, 15) is 0 Å². The Morgan fingerprint density at radius 1 is 1.24 bits per heavy atom. The maximum absolute atomic E-state index is 6.16. The Morgan fingerprint density at radius 2 is 1.95 bits per heavy atom. The van der Waals surface area contributed by atoms with Gasteiger partial charge in [0, 0.05) is 12.4 Å². The zero-order valence-electron chi connectivity index (χ0n) is 13.6. The van der Waals surface area contributed by atoms with E-state index in [1.54, 1.807) is 0 Å². The summed E-state index contributed by atoms with van der Waals surface area (Å²) in [6.45, 7) is 10.0. The minimum Gasteiger partial charge on any atom is -0.489 e. The first-order valence-corrected chi connectivity index (χ1v) is 8.58. The third-order valence-corrected chi connectivity index (χ3v) is 4.36. The van der Waals surface area contributed by atoms with Crippen LogP contribution in [-0.4, -0.2) is 36.5 Å². The molecule has 21 heavy (non-hydrogen) atoms. The van der Waals surface area contributed by atoms with Crippen molar-refractivity contribution in [1.82, 2.24) is 4.90 Å². The van der Waals surface area contributed by atoms with E-state index in [0.29, 0.717) is 6.10 Å². The number of hydrogen-bond donors (Lipinski definition) is 0. The van der Waals surface area contributed by atoms with Crippen molar-refractivity contribution < 1.29 is 4.74 Å². The number of benzene rings is 1. The fraction of sp³-hybridized carbons (Fsp3) is 0.667. The lowest BCUT2D eigenvalue weighted by Crippen LogP contribution is -2.41. The molecule has 0 aromatic heterocycles. The Kier molecular flexibility index (Phi) is 5.95. The first kappa shape index (κ1) is 16.6. The Morgan fingerprint density at radius 3 is 2.57 bits per heavy atom. The van der Waals surface area contributed by atoms with E-state index in [2.05, 4.69) is 49.9 Å². The van der Waals surface area contributed by atoms with Crippen molar-refractivity contribution in [3.63, 3.8) is 0 Å². The fourth-order valence-corrected chi connectivity index (χ4v) is 2.94. The average Bonchev–Trinajstić information content (AvgIpc) is 2.45. The van der Waals surface area contributed by atoms with Gasteiger partial charge in [0.05, 0.1) is 0 Å². The summed E-state index contributed by atoms with van der Waals surface area (Å²) in [5.74, 6) is 1.74. The highest BCUT2D eigenvalue weighted by atomic mass is 35.5. The first-order valence-electron chi connectivity index (χ1n) is 8.04. The van der Waals surface area contributed by atoms with Gasteiger partial charge in [-0.2, -0.15) is 0 Å². The molecular weight excluding hydrogens is 282 g/mol. The molecule has 0 aliphatic carbocycles. The molecule has 0 radical (unpaired) electrons. The molecule has 0 saturated carbocycles. The van der Waals surface area contributed by atoms with Crippen molar-refractivity contribution in [3.8, 4) is 5.75 Å². The molecule has 1 aliphatic heterocycles. The normalized spacial score (nSPS) is 20.5. The Balaban J connectivity index is 1.89. The molecule has 0 bridgehead atoms. The summed E-state index contributed by atoms with van der Waals surface area (Å²) < 4.78 is 6.16. The molecule has 0 amide bonds. The van der Waals surface area contributed by atoms with E-state index >= 15 is 0 Å². The van der Waals surface area contributed by atoms with Crippen molar-refractivity contribution in [2.45, 2.75) is 51.6 Å². The Labute approximate surface area is 134 Å². The molecule has 0 spiro atoms. The lowest BCUT2D eigenvalue weighted by atomic mass is 9.87. The van der Waals surface area contributed by atoms with Crippen LogP contribution < -0.4 is 4.74 Å². The molecule has 1 saturated heterocycles. The van der Waals surface area contributed by atoms with Crippen molar-refractivity contribution >= 4 is 11.6 Å². The largest absolute Gasteiger partial charge is 0.489 e. The van der Waals surface area contributed by atoms with E-state index in [-0.39, 0.29) is 5.41 Å². The van der Waals surface area contributed by atoms with Gasteiger partial charge in [0.2, 0.25) is 0 Å². The third-order valence-electron chi connectivity index (χ3n) is 4.09. The molecular formula is C18H28ClNO. The molecule has 0 N–H and O–H groups in total. The van der Waals surface area contributed by atoms with Crippen molar-refractivity contribution in [2.24, 2.45) is 0 Å². The van der Waals surface area contributed by atoms with E-state index in [1.807, 2.05) is 0 Å². The van der Waals surface area contributed by atoms with Gasteiger partial charge < -0.3 is 4.74 Å². The number of rotatable bonds is 5. The second-order valence-electron chi connectivity index (χ2n) is 7.00. The number of piperidine rings is 1. The van der Waals surface area contributed by atoms with Gasteiger partial charge in [0.25, 0.3) is 0 Å². The molecule has 2 rings (SSSR count). The van der Waals surface area contributed by atoms with Crippen molar-refractivity contribution in [1.29, 1.82) is 0 Å². The van der Waals surface area contributed by atoms with Crippen molar-refractivity contribution in [3.05, 3.63) is 29.8 Å². The van der Waals surface area contributed by atoms with Crippen LogP contribution in [0.1, 0.15) is 45.6 Å². The summed E-state index contributed by atoms with van der Waals surface area (Å²) >= 11 is 5.78. The van der Waals surface area contributed by atoms with Gasteiger partial charge in [-0.1, -0.05) is 32.9 Å². The smallest absolute Gasteiger partial charge is 0.119 e. The highest BCUT2D eigenvalue weighted by molar-refractivity contribution is 6.17. The molecule has 1 aliphatic rings. The summed E-state index contributed by atoms with van der Waals surface area (Å²) in [7, 11) is 0. The predicted molar refractivity (Wildman–Crippen MR) is 90.6 cm³/mol. The number of alkyl halides is 1. The molecule has 2 nitrogen and oxygen atoms in total. The standard InChI is InChI=1S/C18H28ClNO/c1-18(2,3)15-7-9-16(10-8-15)21-17-6-4-12-20(14-17)13-5-11-19/h7-10,17H,4-6,11-14H2,1-3H3. The highest BCUT2D eigenvalue weighted by Crippen LogP contribution is 2.25. The summed E-state index contributed by atoms with van der Waals surface area (Å²) in [6.07, 6.45) is 3.74. The zero-order chi connectivity index (χ0) is 15.3. The van der Waals surface area contributed by atoms with Crippen LogP contribution in [0.25, 0.3) is 0 Å². The number of hydrogen-bond acceptors (Lipinski definition) is 2. The number of likely N-dealkylation sites (tertiary alicyclic amines) is 1. The van der Waals surface area contributed by atoms with Crippen molar-refractivity contribution in [2.75, 3.05) is 25.5 Å². The van der Waals surface area contributed by atoms with Crippen LogP contribution in [0.3, 0.4) is 0 Å². The monoisotopic (exact) mass is 309 g/mol. The highest BCUT2D eigenvalue weighted by Gasteiger charge is 2.21. The Hall–Kier alpha value is -0.730. The third kappa shape index (κ3) is 5.19. The summed E-state index contributed by atoms with van der Waals surface area (Å²) in [5.41, 5.74) is 1.55. The van der Waals surface area contributed by atoms with Gasteiger partial charge in [-0.25, -0.2) is 0 Å². The molecule has 1 fully saturated rings. The fourth-order valence-electron chi connectivity index (χ4n) is 2.82. The topological polar surface area (TPSA) is 12.5 Å². The molecule has 1 unspecified atom stereocenters. The quantitative estimate of drug-likeness (QED) is 0.745. The average molecular weight is 310 g/mol. The maximum atomic E-state index is 6.16. The second kappa shape index (κ2) is 7.51. The molecule has 1 aromatic carbocycles. The maximum Gasteiger partial charge on any atom is 0.119 e. The van der Waals surface area contributed by atoms with Gasteiger partial charge in [-0.3, -0.25) is 4.90 Å². The van der Waals surface area contributed by atoms with Gasteiger partial charge in [-0.15, -0.1) is 11.6 Å². The van der Waals surface area contributed by atoms with E-state index in [0.717, 1.165) is 37.6 Å². The first-order chi connectivity index (χ1) is 9.99. The predicted octanol–water partition coefficient (Wildman–Crippen LogP) is 4.46. The molecule has 1 atom stereocenters. The van der Waals surface area contributed by atoms with Crippen LogP contribution in [0.15, 0.2) is 24.3 Å².